The molecule has 3 rings (SSSR count). The average Bonchev–Trinajstić information content (AvgIpc) is 3.15. The first kappa shape index (κ1) is 21.5. The van der Waals surface area contributed by atoms with Gasteiger partial charge in [0.2, 0.25) is 0 Å². The monoisotopic (exact) mass is 447 g/mol. The summed E-state index contributed by atoms with van der Waals surface area (Å²) in [6.07, 6.45) is 0.740. The van der Waals surface area contributed by atoms with Crippen molar-refractivity contribution >= 4 is 28.8 Å². The minimum Gasteiger partial charge on any atom is -0.481 e. The molecule has 154 valence electrons. The van der Waals surface area contributed by atoms with E-state index in [1.807, 2.05) is 6.07 Å². The van der Waals surface area contributed by atoms with Gasteiger partial charge in [-0.05, 0) is 49.4 Å². The normalized spacial score (nSPS) is 11.4. The molecule has 0 saturated heterocycles. The maximum Gasteiger partial charge on any atom is 0.284 e. The number of hydrogen-bond acceptors (Lipinski definition) is 7. The summed E-state index contributed by atoms with van der Waals surface area (Å²) in [5.74, 6) is -0.324. The van der Waals surface area contributed by atoms with E-state index in [2.05, 4.69) is 10.5 Å². The molecule has 3 aromatic rings. The van der Waals surface area contributed by atoms with Crippen LogP contribution in [-0.2, 0) is 16.2 Å². The number of aromatic nitrogens is 1. The van der Waals surface area contributed by atoms with Crippen LogP contribution in [0.2, 0.25) is 4.47 Å². The number of benzene rings is 2. The molecule has 30 heavy (non-hydrogen) atoms. The Morgan fingerprint density at radius 2 is 2.03 bits per heavy atom. The van der Waals surface area contributed by atoms with Crippen molar-refractivity contribution in [3.63, 3.8) is 0 Å². The van der Waals surface area contributed by atoms with E-state index in [4.69, 9.17) is 31.2 Å². The first-order valence-electron chi connectivity index (χ1n) is 8.60. The number of nitriles is 1. The molecule has 0 aliphatic rings. The highest BCUT2D eigenvalue weighted by molar-refractivity contribution is 7.15. The van der Waals surface area contributed by atoms with Gasteiger partial charge in [0.1, 0.15) is 18.1 Å². The quantitative estimate of drug-likeness (QED) is 0.506. The Labute approximate surface area is 180 Å². The first-order valence-corrected chi connectivity index (χ1v) is 9.80. The first-order chi connectivity index (χ1) is 14.4. The Bertz CT molecular complexity index is 1070. The fourth-order valence-electron chi connectivity index (χ4n) is 2.24. The third-order valence-corrected chi connectivity index (χ3v) is 4.80. The van der Waals surface area contributed by atoms with E-state index in [1.165, 1.54) is 23.5 Å². The van der Waals surface area contributed by atoms with Crippen LogP contribution in [0.5, 0.6) is 17.2 Å². The maximum absolute atomic E-state index is 13.9. The van der Waals surface area contributed by atoms with Crippen LogP contribution in [0.25, 0.3) is 0 Å². The van der Waals surface area contributed by atoms with Gasteiger partial charge >= 0.3 is 0 Å². The maximum atomic E-state index is 13.9. The van der Waals surface area contributed by atoms with Gasteiger partial charge < -0.3 is 9.47 Å². The number of halogens is 2. The topological polar surface area (TPSA) is 93.5 Å². The molecule has 0 radical (unpaired) electrons. The van der Waals surface area contributed by atoms with Crippen molar-refractivity contribution in [1.29, 1.82) is 5.26 Å². The van der Waals surface area contributed by atoms with E-state index in [0.717, 1.165) is 10.9 Å². The van der Waals surface area contributed by atoms with E-state index in [9.17, 15) is 9.18 Å². The lowest BCUT2D eigenvalue weighted by molar-refractivity contribution is -0.141. The number of carbonyl (C=O) groups excluding carboxylic acids is 1. The highest BCUT2D eigenvalue weighted by Crippen LogP contribution is 2.27. The summed E-state index contributed by atoms with van der Waals surface area (Å²) in [5, 5.41) is 8.77. The van der Waals surface area contributed by atoms with Crippen LogP contribution in [0.15, 0.2) is 48.7 Å². The number of thiazole rings is 1. The molecule has 1 aromatic heterocycles. The van der Waals surface area contributed by atoms with E-state index < -0.39 is 17.8 Å². The SMILES string of the molecule is C[C@@H](Oc1ccc(Oc2ccc(C#N)cc2F)cc1)C(=O)NOCc1cnc(Cl)s1. The predicted octanol–water partition coefficient (Wildman–Crippen LogP) is 4.61. The minimum atomic E-state index is -0.821. The highest BCUT2D eigenvalue weighted by atomic mass is 35.5. The van der Waals surface area contributed by atoms with Gasteiger partial charge in [-0.25, -0.2) is 14.9 Å². The summed E-state index contributed by atoms with van der Waals surface area (Å²) in [7, 11) is 0. The van der Waals surface area contributed by atoms with Gasteiger partial charge in [0, 0.05) is 6.20 Å². The molecule has 1 amide bonds. The molecule has 1 atom stereocenters. The Balaban J connectivity index is 1.49. The van der Waals surface area contributed by atoms with Crippen LogP contribution in [0, 0.1) is 17.1 Å². The van der Waals surface area contributed by atoms with Gasteiger partial charge in [0.25, 0.3) is 5.91 Å². The van der Waals surface area contributed by atoms with Crippen molar-refractivity contribution in [2.75, 3.05) is 0 Å². The molecule has 0 aliphatic carbocycles. The van der Waals surface area contributed by atoms with Gasteiger partial charge in [0.15, 0.2) is 22.1 Å². The molecule has 0 saturated carbocycles. The zero-order valence-corrected chi connectivity index (χ0v) is 17.2. The molecule has 0 unspecified atom stereocenters. The summed E-state index contributed by atoms with van der Waals surface area (Å²) in [6.45, 7) is 1.71. The second-order valence-corrected chi connectivity index (χ2v) is 7.62. The van der Waals surface area contributed by atoms with Crippen molar-refractivity contribution in [3.8, 4) is 23.3 Å². The van der Waals surface area contributed by atoms with Crippen molar-refractivity contribution in [2.45, 2.75) is 19.6 Å². The number of ether oxygens (including phenoxy) is 2. The lowest BCUT2D eigenvalue weighted by atomic mass is 10.2. The third-order valence-electron chi connectivity index (χ3n) is 3.71. The van der Waals surface area contributed by atoms with Crippen LogP contribution in [0.1, 0.15) is 17.4 Å². The molecule has 10 heteroatoms. The second kappa shape index (κ2) is 10.0. The molecular formula is C20H15ClFN3O4S. The van der Waals surface area contributed by atoms with Crippen LogP contribution in [-0.4, -0.2) is 17.0 Å². The molecule has 2 aromatic carbocycles. The fraction of sp³-hybridized carbons (Fsp3) is 0.150. The second-order valence-electron chi connectivity index (χ2n) is 5.93. The number of rotatable bonds is 8. The van der Waals surface area contributed by atoms with E-state index >= 15 is 0 Å². The van der Waals surface area contributed by atoms with Crippen LogP contribution in [0.4, 0.5) is 4.39 Å². The summed E-state index contributed by atoms with van der Waals surface area (Å²) in [5.41, 5.74) is 2.51. The van der Waals surface area contributed by atoms with E-state index in [-0.39, 0.29) is 17.9 Å². The van der Waals surface area contributed by atoms with E-state index in [1.54, 1.807) is 37.4 Å². The average molecular weight is 448 g/mol. The molecule has 0 aliphatic heterocycles. The van der Waals surface area contributed by atoms with Crippen LogP contribution >= 0.6 is 22.9 Å². The van der Waals surface area contributed by atoms with Crippen molar-refractivity contribution in [3.05, 3.63) is 69.4 Å². The number of carbonyl (C=O) groups is 1. The molecule has 0 bridgehead atoms. The van der Waals surface area contributed by atoms with Crippen molar-refractivity contribution < 1.29 is 23.5 Å². The highest BCUT2D eigenvalue weighted by Gasteiger charge is 2.15. The molecule has 0 fully saturated rings. The number of nitrogens with zero attached hydrogens (tertiary/aromatic N) is 2. The van der Waals surface area contributed by atoms with Gasteiger partial charge in [0.05, 0.1) is 16.5 Å². The van der Waals surface area contributed by atoms with Gasteiger partial charge in [-0.15, -0.1) is 11.3 Å². The smallest absolute Gasteiger partial charge is 0.284 e. The van der Waals surface area contributed by atoms with Gasteiger partial charge in [-0.2, -0.15) is 5.26 Å². The summed E-state index contributed by atoms with van der Waals surface area (Å²) in [4.78, 5) is 21.8. The number of hydrogen-bond donors (Lipinski definition) is 1. The Morgan fingerprint density at radius 1 is 1.30 bits per heavy atom. The molecule has 1 heterocycles. The zero-order valence-electron chi connectivity index (χ0n) is 15.6. The number of hydroxylamine groups is 1. The molecule has 1 N–H and O–H groups in total. The summed E-state index contributed by atoms with van der Waals surface area (Å²) >= 11 is 6.98. The van der Waals surface area contributed by atoms with Gasteiger partial charge in [-0.3, -0.25) is 9.63 Å². The van der Waals surface area contributed by atoms with Crippen LogP contribution < -0.4 is 15.0 Å². The van der Waals surface area contributed by atoms with Crippen LogP contribution in [0.3, 0.4) is 0 Å². The Morgan fingerprint density at radius 3 is 2.67 bits per heavy atom. The van der Waals surface area contributed by atoms with Gasteiger partial charge in [-0.1, -0.05) is 11.6 Å². The Kier molecular flexibility index (Phi) is 7.19. The van der Waals surface area contributed by atoms with E-state index in [0.29, 0.717) is 16.0 Å². The summed E-state index contributed by atoms with van der Waals surface area (Å²) < 4.78 is 25.3. The lowest BCUT2D eigenvalue weighted by Crippen LogP contribution is -2.36. The molecule has 0 spiro atoms. The predicted molar refractivity (Wildman–Crippen MR) is 108 cm³/mol. The minimum absolute atomic E-state index is 0.00482. The standard InChI is InChI=1S/C20H15ClFN3O4S/c1-12(19(26)25-27-11-16-10-24-20(21)30-16)28-14-3-5-15(6-4-14)29-18-7-2-13(9-23)8-17(18)22/h2-8,10,12H,11H2,1H3,(H,25,26)/t12-/m1/s1. The number of amides is 1. The van der Waals surface area contributed by atoms with Crippen molar-refractivity contribution in [2.24, 2.45) is 0 Å². The Hall–Kier alpha value is -3.19. The zero-order chi connectivity index (χ0) is 21.5. The van der Waals surface area contributed by atoms with Crippen molar-refractivity contribution in [1.82, 2.24) is 10.5 Å². The molecule has 7 nitrogen and oxygen atoms in total. The third kappa shape index (κ3) is 5.90. The summed E-state index contributed by atoms with van der Waals surface area (Å²) in [6, 6.07) is 12.1. The number of nitrogens with one attached hydrogen (secondary N) is 1. The lowest BCUT2D eigenvalue weighted by Gasteiger charge is -2.15. The largest absolute Gasteiger partial charge is 0.481 e. The fourth-order valence-corrected chi connectivity index (χ4v) is 3.13. The molecular weight excluding hydrogens is 433 g/mol.